The molecule has 0 N–H and O–H groups in total. The molecule has 0 aliphatic carbocycles. The molecule has 0 saturated carbocycles. The van der Waals surface area contributed by atoms with Crippen molar-refractivity contribution in [1.29, 1.82) is 0 Å². The third-order valence-electron chi connectivity index (χ3n) is 15.0. The van der Waals surface area contributed by atoms with Crippen LogP contribution >= 0.6 is 0 Å². The second-order valence-electron chi connectivity index (χ2n) is 19.8. The van der Waals surface area contributed by atoms with Crippen molar-refractivity contribution in [3.8, 4) is 101 Å². The first kappa shape index (κ1) is 44.9. The minimum atomic E-state index is 0.550. The minimum Gasteiger partial charge on any atom is -0.455 e. The highest BCUT2D eigenvalue weighted by Gasteiger charge is 2.20. The molecule has 4 aromatic heterocycles. The second kappa shape index (κ2) is 18.7. The number of para-hydroxylation sites is 2. The number of nitrogens with zero attached hydrogens (tertiary/aromatic N) is 4. The molecule has 0 bridgehead atoms. The molecule has 0 aliphatic rings. The van der Waals surface area contributed by atoms with E-state index in [1.165, 1.54) is 21.9 Å². The molecule has 15 rings (SSSR count). The average Bonchev–Trinajstić information content (AvgIpc) is 4.18. The van der Waals surface area contributed by atoms with Crippen LogP contribution in [0.4, 0.5) is 0 Å². The Morgan fingerprint density at radius 3 is 1.21 bits per heavy atom. The van der Waals surface area contributed by atoms with Crippen molar-refractivity contribution >= 4 is 54.6 Å². The molecule has 0 fully saturated rings. The summed E-state index contributed by atoms with van der Waals surface area (Å²) in [5.41, 5.74) is 18.7. The quantitative estimate of drug-likeness (QED) is 0.143. The summed E-state index contributed by atoms with van der Waals surface area (Å²) >= 11 is 0. The molecule has 0 saturated heterocycles. The van der Waals surface area contributed by atoms with Crippen LogP contribution in [0.15, 0.2) is 276 Å². The number of furan rings is 2. The Hall–Kier alpha value is -10.6. The van der Waals surface area contributed by atoms with Gasteiger partial charge in [-0.1, -0.05) is 194 Å². The van der Waals surface area contributed by atoms with Crippen LogP contribution in [0.1, 0.15) is 0 Å². The van der Waals surface area contributed by atoms with Crippen molar-refractivity contribution < 1.29 is 8.83 Å². The summed E-state index contributed by atoms with van der Waals surface area (Å²) in [4.78, 5) is 20.2. The first-order chi connectivity index (χ1) is 38.6. The van der Waals surface area contributed by atoms with Gasteiger partial charge in [0.1, 0.15) is 22.3 Å². The number of aromatic nitrogens is 4. The van der Waals surface area contributed by atoms with Crippen molar-refractivity contribution in [1.82, 2.24) is 19.9 Å². The molecule has 364 valence electrons. The Kier molecular flexibility index (Phi) is 10.7. The van der Waals surface area contributed by atoms with E-state index in [2.05, 4.69) is 242 Å². The van der Waals surface area contributed by atoms with Crippen LogP contribution in [-0.4, -0.2) is 19.9 Å². The fourth-order valence-corrected chi connectivity index (χ4v) is 11.2. The van der Waals surface area contributed by atoms with Gasteiger partial charge in [-0.2, -0.15) is 0 Å². The molecule has 0 spiro atoms. The number of benzene rings is 11. The topological polar surface area (TPSA) is 77.8 Å². The molecular weight excluding hydrogens is 953 g/mol. The lowest BCUT2D eigenvalue weighted by molar-refractivity contribution is 0.670. The lowest BCUT2D eigenvalue weighted by Gasteiger charge is -2.13. The van der Waals surface area contributed by atoms with E-state index in [1.54, 1.807) is 6.20 Å². The first-order valence-corrected chi connectivity index (χ1v) is 26.2. The third-order valence-corrected chi connectivity index (χ3v) is 15.0. The van der Waals surface area contributed by atoms with Crippen LogP contribution in [0.2, 0.25) is 0 Å². The predicted molar refractivity (Wildman–Crippen MR) is 319 cm³/mol. The summed E-state index contributed by atoms with van der Waals surface area (Å²) in [7, 11) is 0. The van der Waals surface area contributed by atoms with Gasteiger partial charge in [0, 0.05) is 67.3 Å². The maximum atomic E-state index is 6.94. The summed E-state index contributed by atoms with van der Waals surface area (Å²) in [6.07, 6.45) is 3.66. The van der Waals surface area contributed by atoms with E-state index in [0.717, 1.165) is 116 Å². The van der Waals surface area contributed by atoms with E-state index in [4.69, 9.17) is 23.8 Å². The normalized spacial score (nSPS) is 11.6. The highest BCUT2D eigenvalue weighted by molar-refractivity contribution is 6.12. The monoisotopic (exact) mass is 996 g/mol. The molecule has 0 atom stereocenters. The largest absolute Gasteiger partial charge is 0.455 e. The molecule has 4 heterocycles. The van der Waals surface area contributed by atoms with Gasteiger partial charge in [-0.05, 0) is 122 Å². The Balaban J connectivity index is 0.838. The molecule has 0 unspecified atom stereocenters. The van der Waals surface area contributed by atoms with Gasteiger partial charge in [0.15, 0.2) is 17.5 Å². The van der Waals surface area contributed by atoms with Gasteiger partial charge in [-0.15, -0.1) is 0 Å². The number of rotatable bonds is 9. The Bertz CT molecular complexity index is 4790. The summed E-state index contributed by atoms with van der Waals surface area (Å²) in [6, 6.07) is 89.1. The first-order valence-electron chi connectivity index (χ1n) is 26.2. The standard InChI is InChI=1S/C72H44N4O2/c1-3-15-45(16-4-1)50-32-34-60-62-30-12-28-58(68(62)77-66(60)42-50)51-22-10-25-55(38-51)71-74-70(54-24-9-21-47(37-54)57-27-14-36-73-44-57)75-72(76-71)56-26-11-23-52(39-56)59-29-13-31-63-61-35-33-53(43-67(61)78-69(59)63)65-41-49-20-8-7-19-48(49)40-64(65)46-17-5-2-6-18-46/h1-44H. The van der Waals surface area contributed by atoms with Crippen molar-refractivity contribution in [3.05, 3.63) is 267 Å². The Morgan fingerprint density at radius 2 is 0.654 bits per heavy atom. The zero-order valence-electron chi connectivity index (χ0n) is 42.0. The summed E-state index contributed by atoms with van der Waals surface area (Å²) < 4.78 is 13.7. The second-order valence-corrected chi connectivity index (χ2v) is 19.8. The van der Waals surface area contributed by atoms with Gasteiger partial charge < -0.3 is 8.83 Å². The molecule has 6 nitrogen and oxygen atoms in total. The average molecular weight is 997 g/mol. The van der Waals surface area contributed by atoms with Crippen LogP contribution in [0.5, 0.6) is 0 Å². The molecular formula is C72H44N4O2. The molecule has 0 amide bonds. The van der Waals surface area contributed by atoms with Crippen LogP contribution in [0.3, 0.4) is 0 Å². The van der Waals surface area contributed by atoms with Gasteiger partial charge >= 0.3 is 0 Å². The van der Waals surface area contributed by atoms with Gasteiger partial charge in [0.25, 0.3) is 0 Å². The molecule has 0 aliphatic heterocycles. The molecule has 6 heteroatoms. The summed E-state index contributed by atoms with van der Waals surface area (Å²) in [6.45, 7) is 0. The number of hydrogen-bond acceptors (Lipinski definition) is 6. The number of fused-ring (bicyclic) bond motifs is 7. The molecule has 0 radical (unpaired) electrons. The fraction of sp³-hybridized carbons (Fsp3) is 0. The van der Waals surface area contributed by atoms with Gasteiger partial charge in [-0.25, -0.2) is 15.0 Å². The lowest BCUT2D eigenvalue weighted by atomic mass is 9.91. The van der Waals surface area contributed by atoms with Crippen molar-refractivity contribution in [2.75, 3.05) is 0 Å². The van der Waals surface area contributed by atoms with Crippen LogP contribution in [0, 0.1) is 0 Å². The van der Waals surface area contributed by atoms with Crippen LogP contribution < -0.4 is 0 Å². The fourth-order valence-electron chi connectivity index (χ4n) is 11.2. The van der Waals surface area contributed by atoms with E-state index in [-0.39, 0.29) is 0 Å². The summed E-state index contributed by atoms with van der Waals surface area (Å²) in [5.74, 6) is 1.66. The van der Waals surface area contributed by atoms with Crippen LogP contribution in [0.25, 0.3) is 156 Å². The SMILES string of the molecule is c1ccc(-c2ccc3c(c2)oc2c(-c4cccc(-c5nc(-c6cccc(-c7cccnc7)c6)nc(-c6cccc(-c7cccc8c7oc7cc(-c9cc%10ccccc%10cc9-c9ccccc9)ccc78)c6)n5)c4)cccc23)cc1. The van der Waals surface area contributed by atoms with E-state index in [9.17, 15) is 0 Å². The highest BCUT2D eigenvalue weighted by Crippen LogP contribution is 2.43. The maximum Gasteiger partial charge on any atom is 0.164 e. The zero-order chi connectivity index (χ0) is 51.5. The Labute approximate surface area is 449 Å². The van der Waals surface area contributed by atoms with E-state index < -0.39 is 0 Å². The van der Waals surface area contributed by atoms with E-state index in [0.29, 0.717) is 17.5 Å². The maximum absolute atomic E-state index is 6.94. The van der Waals surface area contributed by atoms with Crippen molar-refractivity contribution in [2.24, 2.45) is 0 Å². The lowest BCUT2D eigenvalue weighted by Crippen LogP contribution is -2.00. The number of pyridine rings is 1. The van der Waals surface area contributed by atoms with Crippen molar-refractivity contribution in [2.45, 2.75) is 0 Å². The number of hydrogen-bond donors (Lipinski definition) is 0. The molecule has 15 aromatic rings. The zero-order valence-corrected chi connectivity index (χ0v) is 42.0. The smallest absolute Gasteiger partial charge is 0.164 e. The van der Waals surface area contributed by atoms with Gasteiger partial charge in [-0.3, -0.25) is 4.98 Å². The highest BCUT2D eigenvalue weighted by atomic mass is 16.3. The predicted octanol–water partition coefficient (Wildman–Crippen LogP) is 19.2. The molecule has 78 heavy (non-hydrogen) atoms. The van der Waals surface area contributed by atoms with Gasteiger partial charge in [0.05, 0.1) is 0 Å². The summed E-state index contributed by atoms with van der Waals surface area (Å²) in [5, 5.41) is 6.65. The van der Waals surface area contributed by atoms with Gasteiger partial charge in [0.2, 0.25) is 0 Å². The van der Waals surface area contributed by atoms with Crippen LogP contribution in [-0.2, 0) is 0 Å². The van der Waals surface area contributed by atoms with Crippen molar-refractivity contribution in [3.63, 3.8) is 0 Å². The molecule has 11 aromatic carbocycles. The minimum absolute atomic E-state index is 0.550. The Morgan fingerprint density at radius 1 is 0.244 bits per heavy atom. The van der Waals surface area contributed by atoms with E-state index >= 15 is 0 Å². The van der Waals surface area contributed by atoms with E-state index in [1.807, 2.05) is 24.4 Å². The third kappa shape index (κ3) is 7.99.